The molecule has 3 aromatic heterocycles. The lowest BCUT2D eigenvalue weighted by atomic mass is 9.84. The van der Waals surface area contributed by atoms with E-state index in [2.05, 4.69) is 41.3 Å². The Morgan fingerprint density at radius 1 is 1.37 bits per heavy atom. The third-order valence-electron chi connectivity index (χ3n) is 5.77. The smallest absolute Gasteiger partial charge is 0.204 e. The van der Waals surface area contributed by atoms with Crippen LogP contribution in [0.2, 0.25) is 0 Å². The lowest BCUT2D eigenvalue weighted by Crippen LogP contribution is -2.37. The first-order valence-electron chi connectivity index (χ1n) is 10.4. The minimum Gasteiger partial charge on any atom is -0.369 e. The Labute approximate surface area is 180 Å². The fraction of sp³-hybridized carbons (Fsp3) is 0.500. The summed E-state index contributed by atoms with van der Waals surface area (Å²) in [5, 5.41) is 5.80. The van der Waals surface area contributed by atoms with Crippen LogP contribution >= 0.6 is 11.8 Å². The number of guanidine groups is 1. The Kier molecular flexibility index (Phi) is 6.53. The van der Waals surface area contributed by atoms with E-state index in [4.69, 9.17) is 11.6 Å². The highest BCUT2D eigenvalue weighted by atomic mass is 32.2. The van der Waals surface area contributed by atoms with Crippen molar-refractivity contribution in [2.24, 2.45) is 22.5 Å². The zero-order valence-electron chi connectivity index (χ0n) is 17.2. The van der Waals surface area contributed by atoms with E-state index in [1.54, 1.807) is 6.33 Å². The molecular weight excluding hydrogens is 398 g/mol. The molecule has 0 spiro atoms. The molecular formula is C20H29N9S. The third-order valence-corrected chi connectivity index (χ3v) is 6.83. The first-order chi connectivity index (χ1) is 14.6. The van der Waals surface area contributed by atoms with Gasteiger partial charge in [0.05, 0.1) is 23.3 Å². The Balaban J connectivity index is 1.28. The van der Waals surface area contributed by atoms with Crippen LogP contribution in [-0.4, -0.2) is 41.8 Å². The van der Waals surface area contributed by atoms with E-state index in [1.165, 1.54) is 19.3 Å². The summed E-state index contributed by atoms with van der Waals surface area (Å²) in [5.41, 5.74) is 10.8. The number of aliphatic imine (C=N–C) groups is 1. The van der Waals surface area contributed by atoms with Crippen molar-refractivity contribution in [3.05, 3.63) is 31.0 Å². The number of aromatic nitrogens is 5. The highest BCUT2D eigenvalue weighted by Crippen LogP contribution is 2.35. The average Bonchev–Trinajstić information content (AvgIpc) is 3.43. The van der Waals surface area contributed by atoms with Crippen molar-refractivity contribution >= 4 is 28.8 Å². The Bertz CT molecular complexity index is 987. The van der Waals surface area contributed by atoms with Crippen LogP contribution in [0, 0.1) is 5.92 Å². The van der Waals surface area contributed by atoms with Crippen LogP contribution in [0.15, 0.2) is 36.0 Å². The molecule has 3 heterocycles. The second-order valence-corrected chi connectivity index (χ2v) is 9.19. The number of hydrazine groups is 1. The summed E-state index contributed by atoms with van der Waals surface area (Å²) in [6.45, 7) is 2.04. The minimum atomic E-state index is 0.119. The molecule has 0 saturated heterocycles. The molecule has 1 unspecified atom stereocenters. The van der Waals surface area contributed by atoms with Gasteiger partial charge in [0.1, 0.15) is 12.0 Å². The Morgan fingerprint density at radius 2 is 2.20 bits per heavy atom. The molecule has 1 fully saturated rings. The van der Waals surface area contributed by atoms with Crippen molar-refractivity contribution in [1.82, 2.24) is 30.2 Å². The van der Waals surface area contributed by atoms with Crippen LogP contribution in [0.4, 0.5) is 0 Å². The molecule has 160 valence electrons. The predicted molar refractivity (Wildman–Crippen MR) is 122 cm³/mol. The van der Waals surface area contributed by atoms with Gasteiger partial charge in [-0.15, -0.1) is 11.8 Å². The van der Waals surface area contributed by atoms with Crippen LogP contribution in [-0.2, 0) is 0 Å². The first kappa shape index (κ1) is 20.7. The van der Waals surface area contributed by atoms with Gasteiger partial charge in [-0.2, -0.15) is 5.10 Å². The molecule has 30 heavy (non-hydrogen) atoms. The lowest BCUT2D eigenvalue weighted by Gasteiger charge is -2.28. The van der Waals surface area contributed by atoms with Gasteiger partial charge >= 0.3 is 0 Å². The van der Waals surface area contributed by atoms with Gasteiger partial charge in [-0.25, -0.2) is 20.8 Å². The highest BCUT2D eigenvalue weighted by Gasteiger charge is 2.23. The van der Waals surface area contributed by atoms with Crippen LogP contribution < -0.4 is 17.0 Å². The van der Waals surface area contributed by atoms with E-state index >= 15 is 0 Å². The van der Waals surface area contributed by atoms with Crippen LogP contribution in [0.25, 0.3) is 22.3 Å². The fourth-order valence-corrected chi connectivity index (χ4v) is 5.13. The van der Waals surface area contributed by atoms with Crippen molar-refractivity contribution < 1.29 is 0 Å². The number of hydrogen-bond donors (Lipinski definition) is 4. The van der Waals surface area contributed by atoms with Gasteiger partial charge in [0.15, 0.2) is 0 Å². The Hall–Kier alpha value is -2.59. The number of nitrogens with two attached hydrogens (primary N) is 2. The molecule has 1 atom stereocenters. The van der Waals surface area contributed by atoms with Crippen molar-refractivity contribution in [3.63, 3.8) is 0 Å². The van der Waals surface area contributed by atoms with Crippen LogP contribution in [0.3, 0.4) is 0 Å². The van der Waals surface area contributed by atoms with E-state index in [-0.39, 0.29) is 11.3 Å². The molecule has 9 nitrogen and oxygen atoms in total. The number of rotatable bonds is 7. The van der Waals surface area contributed by atoms with Crippen molar-refractivity contribution in [2.75, 3.05) is 5.75 Å². The van der Waals surface area contributed by atoms with Crippen LogP contribution in [0.1, 0.15) is 45.1 Å². The summed E-state index contributed by atoms with van der Waals surface area (Å²) in [6.07, 6.45) is 13.6. The molecule has 1 saturated carbocycles. The van der Waals surface area contributed by atoms with E-state index in [1.807, 2.05) is 37.1 Å². The molecule has 0 amide bonds. The molecule has 0 aliphatic heterocycles. The monoisotopic (exact) mass is 427 g/mol. The number of H-pyrrole nitrogens is 1. The maximum absolute atomic E-state index is 5.60. The summed E-state index contributed by atoms with van der Waals surface area (Å²) in [6, 6.07) is 2.48. The lowest BCUT2D eigenvalue weighted by molar-refractivity contribution is 0.257. The van der Waals surface area contributed by atoms with E-state index in [9.17, 15) is 0 Å². The quantitative estimate of drug-likeness (QED) is 0.197. The molecule has 0 bridgehead atoms. The minimum absolute atomic E-state index is 0.119. The van der Waals surface area contributed by atoms with Gasteiger partial charge in [-0.05, 0) is 56.8 Å². The molecule has 0 radical (unpaired) electrons. The van der Waals surface area contributed by atoms with Gasteiger partial charge in [-0.1, -0.05) is 0 Å². The van der Waals surface area contributed by atoms with Crippen LogP contribution in [0.5, 0.6) is 0 Å². The molecule has 3 aromatic rings. The van der Waals surface area contributed by atoms with Gasteiger partial charge < -0.3 is 10.7 Å². The number of fused-ring (bicyclic) bond motifs is 1. The summed E-state index contributed by atoms with van der Waals surface area (Å²) in [5.74, 6) is 7.39. The number of nitrogens with one attached hydrogen (secondary N) is 2. The van der Waals surface area contributed by atoms with Gasteiger partial charge in [-0.3, -0.25) is 10.1 Å². The van der Waals surface area contributed by atoms with E-state index < -0.39 is 0 Å². The molecule has 1 aliphatic rings. The molecule has 10 heteroatoms. The molecule has 1 aliphatic carbocycles. The predicted octanol–water partition coefficient (Wildman–Crippen LogP) is 2.80. The standard InChI is InChI=1S/C20H29N9S/c1-13(27-20(21)28-22)30-9-7-14-2-4-16(5-3-14)29-11-15(10-26-29)18-17-6-8-23-19(17)25-12-24-18/h6,8,10-14,16H,2-5,7,9,22H2,1H3,(H3,21,27,28)(H,23,24,25). The fourth-order valence-electron chi connectivity index (χ4n) is 4.14. The third kappa shape index (κ3) is 4.76. The van der Waals surface area contributed by atoms with Gasteiger partial charge in [0.25, 0.3) is 0 Å². The van der Waals surface area contributed by atoms with E-state index in [0.29, 0.717) is 6.04 Å². The summed E-state index contributed by atoms with van der Waals surface area (Å²) >= 11 is 1.82. The number of aromatic amines is 1. The summed E-state index contributed by atoms with van der Waals surface area (Å²) in [4.78, 5) is 16.2. The maximum Gasteiger partial charge on any atom is 0.204 e. The highest BCUT2D eigenvalue weighted by molar-refractivity contribution is 7.99. The largest absolute Gasteiger partial charge is 0.369 e. The number of thioether (sulfide) groups is 1. The summed E-state index contributed by atoms with van der Waals surface area (Å²) in [7, 11) is 0. The molecule has 4 rings (SSSR count). The topological polar surface area (TPSA) is 136 Å². The zero-order chi connectivity index (χ0) is 20.9. The number of hydrogen-bond acceptors (Lipinski definition) is 6. The first-order valence-corrected chi connectivity index (χ1v) is 11.4. The van der Waals surface area contributed by atoms with Gasteiger partial charge in [0, 0.05) is 23.3 Å². The van der Waals surface area contributed by atoms with Gasteiger partial charge in [0.2, 0.25) is 5.96 Å². The molecule has 0 aromatic carbocycles. The summed E-state index contributed by atoms with van der Waals surface area (Å²) < 4.78 is 2.13. The molecule has 6 N–H and O–H groups in total. The number of nitrogens with zero attached hydrogens (tertiary/aromatic N) is 5. The SMILES string of the molecule is CC(N=C(N)NN)SCCC1CCC(n2cc(-c3ncnc4[nH]ccc34)cn2)CC1. The average molecular weight is 428 g/mol. The second kappa shape index (κ2) is 9.48. The van der Waals surface area contributed by atoms with Crippen molar-refractivity contribution in [3.8, 4) is 11.3 Å². The Morgan fingerprint density at radius 3 is 3.00 bits per heavy atom. The maximum atomic E-state index is 5.60. The second-order valence-electron chi connectivity index (χ2n) is 7.76. The van der Waals surface area contributed by atoms with E-state index in [0.717, 1.165) is 46.8 Å². The van der Waals surface area contributed by atoms with Crippen molar-refractivity contribution in [1.29, 1.82) is 0 Å². The normalized spacial score (nSPS) is 21.1. The van der Waals surface area contributed by atoms with Crippen molar-refractivity contribution in [2.45, 2.75) is 50.4 Å². The zero-order valence-corrected chi connectivity index (χ0v) is 18.0.